The second-order valence-corrected chi connectivity index (χ2v) is 11.6. The van der Waals surface area contributed by atoms with Gasteiger partial charge in [-0.2, -0.15) is 0 Å². The lowest BCUT2D eigenvalue weighted by Crippen LogP contribution is -2.33. The summed E-state index contributed by atoms with van der Waals surface area (Å²) in [5.74, 6) is 0.790. The summed E-state index contributed by atoms with van der Waals surface area (Å²) in [6.07, 6.45) is 8.28. The van der Waals surface area contributed by atoms with Gasteiger partial charge in [-0.25, -0.2) is 0 Å². The van der Waals surface area contributed by atoms with E-state index < -0.39 is 0 Å². The van der Waals surface area contributed by atoms with E-state index >= 15 is 0 Å². The average Bonchev–Trinajstić information content (AvgIpc) is 3.44. The van der Waals surface area contributed by atoms with Crippen molar-refractivity contribution in [3.8, 4) is 0 Å². The van der Waals surface area contributed by atoms with Crippen LogP contribution >= 0.6 is 0 Å². The predicted octanol–water partition coefficient (Wildman–Crippen LogP) is 6.01. The molecule has 3 nitrogen and oxygen atoms in total. The topological polar surface area (TPSA) is 27.9 Å². The molecule has 162 valence electrons. The number of hydrogen-bond donors (Lipinski definition) is 1. The highest BCUT2D eigenvalue weighted by atomic mass is 15.3. The standard InChI is InChI=1S/C27H39N3/c1-9-11-17-14-21(24(3,4)5)29-20(18(17)16-28-10-2)12-13-30-22-19-15-25(6)26(19,7)27(25,8)23(22)30/h12-14,19,28H,9-11,15-16H2,1-8H3/b13-12-. The van der Waals surface area contributed by atoms with Gasteiger partial charge in [0.2, 0.25) is 0 Å². The quantitative estimate of drug-likeness (QED) is 0.602. The molecule has 0 radical (unpaired) electrons. The first kappa shape index (κ1) is 20.3. The third-order valence-corrected chi connectivity index (χ3v) is 9.50. The maximum atomic E-state index is 5.16. The largest absolute Gasteiger partial charge is 0.320 e. The predicted molar refractivity (Wildman–Crippen MR) is 125 cm³/mol. The molecule has 0 saturated heterocycles. The second-order valence-electron chi connectivity index (χ2n) is 11.6. The van der Waals surface area contributed by atoms with Crippen LogP contribution in [0.15, 0.2) is 23.7 Å². The molecule has 1 N–H and O–H groups in total. The van der Waals surface area contributed by atoms with Crippen LogP contribution in [0.3, 0.4) is 0 Å². The number of rotatable bonds is 7. The van der Waals surface area contributed by atoms with Gasteiger partial charge in [-0.1, -0.05) is 61.8 Å². The van der Waals surface area contributed by atoms with Crippen molar-refractivity contribution in [1.29, 1.82) is 0 Å². The van der Waals surface area contributed by atoms with E-state index in [9.17, 15) is 0 Å². The number of aryl methyl sites for hydroxylation is 1. The summed E-state index contributed by atoms with van der Waals surface area (Å²) < 4.78 is 0. The Morgan fingerprint density at radius 2 is 1.97 bits per heavy atom. The van der Waals surface area contributed by atoms with Gasteiger partial charge in [0, 0.05) is 46.6 Å². The molecule has 0 spiro atoms. The maximum Gasteiger partial charge on any atom is 0.0695 e. The summed E-state index contributed by atoms with van der Waals surface area (Å²) in [5, 5.41) is 3.55. The van der Waals surface area contributed by atoms with Crippen molar-refractivity contribution in [3.05, 3.63) is 46.2 Å². The number of nitrogens with one attached hydrogen (secondary N) is 1. The molecule has 2 saturated carbocycles. The van der Waals surface area contributed by atoms with Gasteiger partial charge in [0.15, 0.2) is 0 Å². The third-order valence-electron chi connectivity index (χ3n) is 9.50. The maximum absolute atomic E-state index is 5.16. The molecule has 1 aromatic rings. The fraction of sp³-hybridized carbons (Fsp3) is 0.667. The van der Waals surface area contributed by atoms with Crippen LogP contribution in [0, 0.1) is 22.2 Å². The molecule has 4 aliphatic rings. The number of piperidine rings is 1. The number of hydrogen-bond acceptors (Lipinski definition) is 3. The lowest BCUT2D eigenvalue weighted by Gasteiger charge is -2.38. The van der Waals surface area contributed by atoms with Crippen LogP contribution in [0.25, 0.3) is 6.08 Å². The number of aromatic nitrogens is 1. The molecule has 1 aromatic heterocycles. The van der Waals surface area contributed by atoms with Crippen molar-refractivity contribution in [2.45, 2.75) is 86.6 Å². The molecular weight excluding hydrogens is 366 g/mol. The molecule has 0 amide bonds. The molecule has 30 heavy (non-hydrogen) atoms. The van der Waals surface area contributed by atoms with E-state index in [-0.39, 0.29) is 5.41 Å². The third kappa shape index (κ3) is 2.18. The van der Waals surface area contributed by atoms with Crippen molar-refractivity contribution in [3.63, 3.8) is 0 Å². The van der Waals surface area contributed by atoms with Crippen molar-refractivity contribution < 1.29 is 0 Å². The first-order valence-corrected chi connectivity index (χ1v) is 12.0. The van der Waals surface area contributed by atoms with Crippen LogP contribution in [0.2, 0.25) is 0 Å². The summed E-state index contributed by atoms with van der Waals surface area (Å²) in [5.41, 5.74) is 10.0. The zero-order chi connectivity index (χ0) is 21.7. The van der Waals surface area contributed by atoms with Crippen LogP contribution in [-0.2, 0) is 18.4 Å². The first-order valence-electron chi connectivity index (χ1n) is 12.0. The van der Waals surface area contributed by atoms with Crippen molar-refractivity contribution >= 4 is 6.08 Å². The summed E-state index contributed by atoms with van der Waals surface area (Å²) in [6, 6.07) is 2.36. The van der Waals surface area contributed by atoms with E-state index in [2.05, 4.69) is 83.9 Å². The summed E-state index contributed by atoms with van der Waals surface area (Å²) in [4.78, 5) is 7.67. The fourth-order valence-electron chi connectivity index (χ4n) is 7.19. The smallest absolute Gasteiger partial charge is 0.0695 e. The zero-order valence-corrected chi connectivity index (χ0v) is 20.2. The van der Waals surface area contributed by atoms with Gasteiger partial charge >= 0.3 is 0 Å². The van der Waals surface area contributed by atoms with Crippen LogP contribution in [0.4, 0.5) is 0 Å². The van der Waals surface area contributed by atoms with Gasteiger partial charge in [0.25, 0.3) is 0 Å². The average molecular weight is 406 g/mol. The van der Waals surface area contributed by atoms with E-state index in [1.807, 2.05) is 0 Å². The Morgan fingerprint density at radius 3 is 2.57 bits per heavy atom. The van der Waals surface area contributed by atoms with Crippen molar-refractivity contribution in [2.75, 3.05) is 6.54 Å². The van der Waals surface area contributed by atoms with E-state index in [1.165, 1.54) is 23.2 Å². The van der Waals surface area contributed by atoms with Gasteiger partial charge in [0.1, 0.15) is 0 Å². The molecule has 4 unspecified atom stereocenters. The monoisotopic (exact) mass is 405 g/mol. The molecule has 3 heteroatoms. The molecule has 1 aliphatic heterocycles. The van der Waals surface area contributed by atoms with Crippen LogP contribution in [-0.4, -0.2) is 16.4 Å². The Morgan fingerprint density at radius 1 is 1.23 bits per heavy atom. The minimum atomic E-state index is 0.0563. The number of allylic oxidation sites excluding steroid dienone is 2. The van der Waals surface area contributed by atoms with E-state index in [4.69, 9.17) is 4.98 Å². The number of fused-ring (bicyclic) bond motifs is 3. The zero-order valence-electron chi connectivity index (χ0n) is 20.2. The normalized spacial score (nSPS) is 35.6. The van der Waals surface area contributed by atoms with Gasteiger partial charge in [0.05, 0.1) is 5.69 Å². The summed E-state index contributed by atoms with van der Waals surface area (Å²) in [6.45, 7) is 20.7. The van der Waals surface area contributed by atoms with Crippen LogP contribution in [0.5, 0.6) is 0 Å². The SMILES string of the molecule is CCCc1cc(C(C)(C)C)nc(/C=C\N2C3=C2C2(C)C4(C)CC3C42C)c1CNCC. The summed E-state index contributed by atoms with van der Waals surface area (Å²) >= 11 is 0. The lowest BCUT2D eigenvalue weighted by atomic mass is 9.66. The first-order chi connectivity index (χ1) is 14.1. The summed E-state index contributed by atoms with van der Waals surface area (Å²) in [7, 11) is 0. The Kier molecular flexibility index (Phi) is 4.06. The van der Waals surface area contributed by atoms with Gasteiger partial charge in [-0.3, -0.25) is 4.98 Å². The van der Waals surface area contributed by atoms with Crippen LogP contribution < -0.4 is 5.32 Å². The Bertz CT molecular complexity index is 981. The van der Waals surface area contributed by atoms with Gasteiger partial charge < -0.3 is 10.2 Å². The Labute approximate surface area is 183 Å². The molecule has 5 rings (SSSR count). The number of pyridine rings is 1. The molecule has 3 aliphatic carbocycles. The van der Waals surface area contributed by atoms with Crippen molar-refractivity contribution in [1.82, 2.24) is 15.2 Å². The molecular formula is C27H39N3. The molecule has 2 heterocycles. The van der Waals surface area contributed by atoms with E-state index in [0.29, 0.717) is 16.2 Å². The van der Waals surface area contributed by atoms with E-state index in [0.717, 1.165) is 37.5 Å². The molecule has 2 fully saturated rings. The molecule has 0 bridgehead atoms. The minimum Gasteiger partial charge on any atom is -0.320 e. The highest BCUT2D eigenvalue weighted by Gasteiger charge is 2.97. The highest BCUT2D eigenvalue weighted by molar-refractivity contribution is 5.67. The van der Waals surface area contributed by atoms with Gasteiger partial charge in [-0.15, -0.1) is 0 Å². The van der Waals surface area contributed by atoms with Gasteiger partial charge in [-0.05, 0) is 53.5 Å². The minimum absolute atomic E-state index is 0.0563. The van der Waals surface area contributed by atoms with Crippen molar-refractivity contribution in [2.24, 2.45) is 22.2 Å². The number of nitrogens with zero attached hydrogens (tertiary/aromatic N) is 2. The molecule has 4 atom stereocenters. The fourth-order valence-corrected chi connectivity index (χ4v) is 7.19. The highest BCUT2D eigenvalue weighted by Crippen LogP contribution is 3.01. The lowest BCUT2D eigenvalue weighted by molar-refractivity contribution is 0.130. The number of likely N-dealkylation sites (tertiary alicyclic amines) is 1. The molecule has 0 aromatic carbocycles. The Hall–Kier alpha value is -1.61. The second kappa shape index (κ2) is 6.00. The van der Waals surface area contributed by atoms with Crippen LogP contribution in [0.1, 0.15) is 90.7 Å². The van der Waals surface area contributed by atoms with E-state index in [1.54, 1.807) is 11.4 Å². The Balaban J connectivity index is 1.46.